The molecule has 1 fully saturated rings. The van der Waals surface area contributed by atoms with Crippen LogP contribution in [0.5, 0.6) is 0 Å². The maximum Gasteiger partial charge on any atom is 0.338 e. The van der Waals surface area contributed by atoms with Crippen LogP contribution in [0.4, 0.5) is 10.2 Å². The molecule has 1 amide bonds. The highest BCUT2D eigenvalue weighted by Gasteiger charge is 2.50. The van der Waals surface area contributed by atoms with Gasteiger partial charge in [-0.25, -0.2) is 28.9 Å². The Morgan fingerprint density at radius 1 is 0.814 bits per heavy atom. The lowest BCUT2D eigenvalue weighted by atomic mass is 10.1. The molecule has 5 aromatic rings. The normalized spacial score (nSPS) is 19.6. The first-order valence-electron chi connectivity index (χ1n) is 13.3. The number of carbonyl (C=O) groups excluding carboxylic acids is 3. The lowest BCUT2D eigenvalue weighted by Gasteiger charge is -2.19. The van der Waals surface area contributed by atoms with E-state index in [2.05, 4.69) is 20.3 Å². The molecule has 0 bridgehead atoms. The average Bonchev–Trinajstić information content (AvgIpc) is 3.62. The standard InChI is InChI=1S/C31H24FN5O6/c32-23-25(43-31(40)21-14-8-3-9-15-21)22(16-41-30(39)20-12-6-2-7-13-20)42-29(23)37-18-35-24-26(33-17-34-27(24)37)36-28(38)19-10-4-1-5-11-19/h1-15,17-18,22-23,25,29H,16H2,(H,33,34,36,38)/t22-,23+,25-,29-/m1/s1. The molecular weight excluding hydrogens is 557 g/mol. The molecule has 3 heterocycles. The molecule has 1 N–H and O–H groups in total. The number of halogens is 1. The maximum atomic E-state index is 16.1. The van der Waals surface area contributed by atoms with Crippen LogP contribution in [0.15, 0.2) is 104 Å². The summed E-state index contributed by atoms with van der Waals surface area (Å²) in [5.41, 5.74) is 1.29. The molecule has 1 saturated heterocycles. The molecule has 43 heavy (non-hydrogen) atoms. The van der Waals surface area contributed by atoms with Gasteiger partial charge in [0, 0.05) is 5.56 Å². The number of anilines is 1. The first-order chi connectivity index (χ1) is 21.0. The van der Waals surface area contributed by atoms with Crippen LogP contribution < -0.4 is 5.32 Å². The van der Waals surface area contributed by atoms with Gasteiger partial charge in [-0.05, 0) is 36.4 Å². The number of benzene rings is 3. The Morgan fingerprint density at radius 2 is 1.42 bits per heavy atom. The minimum Gasteiger partial charge on any atom is -0.459 e. The van der Waals surface area contributed by atoms with Gasteiger partial charge < -0.3 is 19.5 Å². The lowest BCUT2D eigenvalue weighted by molar-refractivity contribution is -0.0570. The molecule has 0 radical (unpaired) electrons. The second-order valence-electron chi connectivity index (χ2n) is 9.58. The molecule has 4 atom stereocenters. The van der Waals surface area contributed by atoms with Crippen LogP contribution in [0.3, 0.4) is 0 Å². The Bertz CT molecular complexity index is 1750. The Balaban J connectivity index is 1.26. The number of imidazole rings is 1. The highest BCUT2D eigenvalue weighted by Crippen LogP contribution is 2.36. The minimum absolute atomic E-state index is 0.117. The van der Waals surface area contributed by atoms with Crippen LogP contribution in [0.25, 0.3) is 11.2 Å². The third-order valence-corrected chi connectivity index (χ3v) is 6.81. The summed E-state index contributed by atoms with van der Waals surface area (Å²) in [4.78, 5) is 50.9. The van der Waals surface area contributed by atoms with E-state index in [1.165, 1.54) is 17.2 Å². The van der Waals surface area contributed by atoms with E-state index >= 15 is 4.39 Å². The number of hydrogen-bond donors (Lipinski definition) is 1. The monoisotopic (exact) mass is 581 g/mol. The van der Waals surface area contributed by atoms with Crippen LogP contribution in [-0.2, 0) is 14.2 Å². The van der Waals surface area contributed by atoms with E-state index in [4.69, 9.17) is 14.2 Å². The Morgan fingerprint density at radius 3 is 2.07 bits per heavy atom. The molecule has 12 heteroatoms. The molecule has 3 aromatic carbocycles. The number of aromatic nitrogens is 4. The van der Waals surface area contributed by atoms with Gasteiger partial charge in [0.2, 0.25) is 0 Å². The fraction of sp³-hybridized carbons (Fsp3) is 0.161. The highest BCUT2D eigenvalue weighted by molar-refractivity contribution is 6.06. The largest absolute Gasteiger partial charge is 0.459 e. The van der Waals surface area contributed by atoms with Gasteiger partial charge in [-0.15, -0.1) is 0 Å². The van der Waals surface area contributed by atoms with Gasteiger partial charge in [-0.2, -0.15) is 0 Å². The van der Waals surface area contributed by atoms with E-state index in [1.54, 1.807) is 91.0 Å². The molecule has 0 saturated carbocycles. The maximum absolute atomic E-state index is 16.1. The molecule has 216 valence electrons. The van der Waals surface area contributed by atoms with Crippen LogP contribution in [0.2, 0.25) is 0 Å². The summed E-state index contributed by atoms with van der Waals surface area (Å²) in [7, 11) is 0. The zero-order valence-corrected chi connectivity index (χ0v) is 22.4. The van der Waals surface area contributed by atoms with Crippen molar-refractivity contribution in [3.63, 3.8) is 0 Å². The van der Waals surface area contributed by atoms with Gasteiger partial charge in [0.05, 0.1) is 17.5 Å². The predicted molar refractivity (Wildman–Crippen MR) is 151 cm³/mol. The van der Waals surface area contributed by atoms with Gasteiger partial charge in [-0.1, -0.05) is 54.6 Å². The number of nitrogens with one attached hydrogen (secondary N) is 1. The zero-order valence-electron chi connectivity index (χ0n) is 22.4. The third kappa shape index (κ3) is 5.81. The van der Waals surface area contributed by atoms with Crippen molar-refractivity contribution in [1.29, 1.82) is 0 Å². The van der Waals surface area contributed by atoms with Gasteiger partial charge in [0.15, 0.2) is 35.5 Å². The van der Waals surface area contributed by atoms with Crippen LogP contribution >= 0.6 is 0 Å². The van der Waals surface area contributed by atoms with E-state index in [1.807, 2.05) is 0 Å². The van der Waals surface area contributed by atoms with E-state index in [-0.39, 0.29) is 22.5 Å². The summed E-state index contributed by atoms with van der Waals surface area (Å²) >= 11 is 0. The van der Waals surface area contributed by atoms with Gasteiger partial charge in [0.1, 0.15) is 19.0 Å². The lowest BCUT2D eigenvalue weighted by Crippen LogP contribution is -2.37. The smallest absolute Gasteiger partial charge is 0.338 e. The second kappa shape index (κ2) is 12.2. The first kappa shape index (κ1) is 27.7. The van der Waals surface area contributed by atoms with E-state index in [9.17, 15) is 14.4 Å². The van der Waals surface area contributed by atoms with Crippen molar-refractivity contribution in [1.82, 2.24) is 19.5 Å². The number of esters is 2. The second-order valence-corrected chi connectivity index (χ2v) is 9.58. The van der Waals surface area contributed by atoms with Gasteiger partial charge in [0.25, 0.3) is 5.91 Å². The summed E-state index contributed by atoms with van der Waals surface area (Å²) in [6.45, 7) is -0.391. The average molecular weight is 582 g/mol. The molecule has 6 rings (SSSR count). The summed E-state index contributed by atoms with van der Waals surface area (Å²) in [5, 5.41) is 2.70. The van der Waals surface area contributed by atoms with Crippen molar-refractivity contribution < 1.29 is 33.0 Å². The quantitative estimate of drug-likeness (QED) is 0.265. The molecule has 1 aliphatic rings. The number of alkyl halides is 1. The third-order valence-electron chi connectivity index (χ3n) is 6.81. The zero-order chi connectivity index (χ0) is 29.8. The van der Waals surface area contributed by atoms with Crippen LogP contribution in [0.1, 0.15) is 37.3 Å². The van der Waals surface area contributed by atoms with Gasteiger partial charge >= 0.3 is 11.9 Å². The highest BCUT2D eigenvalue weighted by atomic mass is 19.1. The number of hydrogen-bond acceptors (Lipinski definition) is 9. The minimum atomic E-state index is -1.90. The summed E-state index contributed by atoms with van der Waals surface area (Å²) in [6.07, 6.45) is -3.34. The fourth-order valence-electron chi connectivity index (χ4n) is 4.67. The number of fused-ring (bicyclic) bond motifs is 1. The van der Waals surface area contributed by atoms with Crippen LogP contribution in [-0.4, -0.2) is 62.4 Å². The predicted octanol–water partition coefficient (Wildman–Crippen LogP) is 4.40. The summed E-state index contributed by atoms with van der Waals surface area (Å²) in [5.74, 6) is -1.70. The summed E-state index contributed by atoms with van der Waals surface area (Å²) < 4.78 is 34.5. The molecular formula is C31H24FN5O6. The molecule has 11 nitrogen and oxygen atoms in total. The number of rotatable bonds is 8. The number of ether oxygens (including phenoxy) is 3. The summed E-state index contributed by atoms with van der Waals surface area (Å²) in [6, 6.07) is 24.9. The number of carbonyl (C=O) groups is 3. The topological polar surface area (TPSA) is 135 Å². The van der Waals surface area contributed by atoms with Gasteiger partial charge in [-0.3, -0.25) is 9.36 Å². The Labute approximate surface area is 244 Å². The van der Waals surface area contributed by atoms with Crippen molar-refractivity contribution in [2.45, 2.75) is 24.6 Å². The SMILES string of the molecule is O=C(Nc1ncnc2c1ncn2[C@@H]1O[C@H](COC(=O)c2ccccc2)[C@@H](OC(=O)c2ccccc2)[C@@H]1F)c1ccccc1. The molecule has 0 aliphatic carbocycles. The molecule has 0 spiro atoms. The molecule has 0 unspecified atom stereocenters. The van der Waals surface area contributed by atoms with E-state index < -0.39 is 49.1 Å². The van der Waals surface area contributed by atoms with E-state index in [0.717, 1.165) is 0 Å². The Hall–Kier alpha value is -5.49. The number of nitrogens with zero attached hydrogens (tertiary/aromatic N) is 4. The molecule has 2 aromatic heterocycles. The van der Waals surface area contributed by atoms with E-state index in [0.29, 0.717) is 11.1 Å². The number of amides is 1. The van der Waals surface area contributed by atoms with Crippen molar-refractivity contribution in [2.24, 2.45) is 0 Å². The first-order valence-corrected chi connectivity index (χ1v) is 13.3. The molecule has 1 aliphatic heterocycles. The van der Waals surface area contributed by atoms with Crippen molar-refractivity contribution in [2.75, 3.05) is 11.9 Å². The van der Waals surface area contributed by atoms with Crippen molar-refractivity contribution >= 4 is 34.8 Å². The fourth-order valence-corrected chi connectivity index (χ4v) is 4.67. The van der Waals surface area contributed by atoms with Crippen molar-refractivity contribution in [3.8, 4) is 0 Å². The van der Waals surface area contributed by atoms with Crippen molar-refractivity contribution in [3.05, 3.63) is 120 Å². The Kier molecular flexibility index (Phi) is 7.83. The van der Waals surface area contributed by atoms with Crippen LogP contribution in [0, 0.1) is 0 Å².